The van der Waals surface area contributed by atoms with E-state index in [1.165, 1.54) is 6.08 Å². The molecular formula is C16H16F3N3O2. The fraction of sp³-hybridized carbons (Fsp3) is 0.312. The molecule has 24 heavy (non-hydrogen) atoms. The van der Waals surface area contributed by atoms with Crippen molar-refractivity contribution in [3.05, 3.63) is 43.0 Å². The second-order valence-corrected chi connectivity index (χ2v) is 5.18. The lowest BCUT2D eigenvalue weighted by Gasteiger charge is -2.27. The SMILES string of the molecule is C=CCN(CC(F)(F)F)C(=O)C1=NN(c2ccccc2)C(=O)CC1. The van der Waals surface area contributed by atoms with Gasteiger partial charge in [-0.25, -0.2) is 5.01 Å². The van der Waals surface area contributed by atoms with Crippen LogP contribution in [0, 0.1) is 0 Å². The highest BCUT2D eigenvalue weighted by Crippen LogP contribution is 2.22. The molecule has 0 spiro atoms. The molecule has 1 heterocycles. The van der Waals surface area contributed by atoms with Crippen LogP contribution in [0.25, 0.3) is 0 Å². The molecule has 1 aliphatic heterocycles. The molecule has 0 saturated heterocycles. The van der Waals surface area contributed by atoms with Gasteiger partial charge in [-0.3, -0.25) is 9.59 Å². The van der Waals surface area contributed by atoms with Gasteiger partial charge in [0, 0.05) is 19.4 Å². The first-order valence-corrected chi connectivity index (χ1v) is 7.24. The van der Waals surface area contributed by atoms with Crippen LogP contribution in [-0.4, -0.2) is 41.7 Å². The lowest BCUT2D eigenvalue weighted by Crippen LogP contribution is -2.45. The van der Waals surface area contributed by atoms with Crippen molar-refractivity contribution < 1.29 is 22.8 Å². The fourth-order valence-electron chi connectivity index (χ4n) is 2.25. The van der Waals surface area contributed by atoms with Gasteiger partial charge >= 0.3 is 6.18 Å². The van der Waals surface area contributed by atoms with Crippen LogP contribution in [0.3, 0.4) is 0 Å². The number of nitrogens with zero attached hydrogens (tertiary/aromatic N) is 3. The largest absolute Gasteiger partial charge is 0.406 e. The van der Waals surface area contributed by atoms with Gasteiger partial charge in [-0.05, 0) is 12.1 Å². The summed E-state index contributed by atoms with van der Waals surface area (Å²) in [6.45, 7) is 1.72. The van der Waals surface area contributed by atoms with Gasteiger partial charge in [-0.2, -0.15) is 18.3 Å². The highest BCUT2D eigenvalue weighted by Gasteiger charge is 2.35. The third-order valence-corrected chi connectivity index (χ3v) is 3.29. The topological polar surface area (TPSA) is 53.0 Å². The Bertz CT molecular complexity index is 656. The second-order valence-electron chi connectivity index (χ2n) is 5.18. The van der Waals surface area contributed by atoms with Gasteiger partial charge in [0.2, 0.25) is 5.91 Å². The van der Waals surface area contributed by atoms with E-state index in [4.69, 9.17) is 0 Å². The van der Waals surface area contributed by atoms with Crippen molar-refractivity contribution in [1.29, 1.82) is 0 Å². The molecule has 1 aromatic rings. The summed E-state index contributed by atoms with van der Waals surface area (Å²) in [6.07, 6.45) is -3.30. The molecule has 5 nitrogen and oxygen atoms in total. The molecule has 0 fully saturated rings. The first-order valence-electron chi connectivity index (χ1n) is 7.24. The van der Waals surface area contributed by atoms with Gasteiger partial charge in [0.05, 0.1) is 5.69 Å². The predicted molar refractivity (Wildman–Crippen MR) is 83.4 cm³/mol. The molecule has 8 heteroatoms. The molecule has 0 saturated carbocycles. The van der Waals surface area contributed by atoms with Crippen molar-refractivity contribution in [2.45, 2.75) is 19.0 Å². The first-order chi connectivity index (χ1) is 11.3. The summed E-state index contributed by atoms with van der Waals surface area (Å²) >= 11 is 0. The van der Waals surface area contributed by atoms with E-state index < -0.39 is 18.6 Å². The summed E-state index contributed by atoms with van der Waals surface area (Å²) in [7, 11) is 0. The monoisotopic (exact) mass is 339 g/mol. The number of hydrogen-bond donors (Lipinski definition) is 0. The molecule has 0 atom stereocenters. The molecule has 0 aliphatic carbocycles. The minimum atomic E-state index is -4.52. The molecule has 0 aromatic heterocycles. The number of anilines is 1. The maximum absolute atomic E-state index is 12.6. The zero-order chi connectivity index (χ0) is 17.7. The first kappa shape index (κ1) is 17.7. The van der Waals surface area contributed by atoms with Crippen LogP contribution >= 0.6 is 0 Å². The summed E-state index contributed by atoms with van der Waals surface area (Å²) in [5.74, 6) is -1.16. The molecular weight excluding hydrogens is 323 g/mol. The van der Waals surface area contributed by atoms with E-state index in [-0.39, 0.29) is 31.0 Å². The number of amides is 2. The fourth-order valence-corrected chi connectivity index (χ4v) is 2.25. The van der Waals surface area contributed by atoms with E-state index in [0.717, 1.165) is 5.01 Å². The minimum absolute atomic E-state index is 0.00645. The van der Waals surface area contributed by atoms with Crippen molar-refractivity contribution in [3.63, 3.8) is 0 Å². The maximum atomic E-state index is 12.6. The van der Waals surface area contributed by atoms with Crippen LogP contribution < -0.4 is 5.01 Å². The van der Waals surface area contributed by atoms with E-state index in [0.29, 0.717) is 10.6 Å². The Balaban J connectivity index is 2.26. The normalized spacial score (nSPS) is 15.0. The van der Waals surface area contributed by atoms with E-state index in [1.54, 1.807) is 30.3 Å². The molecule has 0 radical (unpaired) electrons. The summed E-state index contributed by atoms with van der Waals surface area (Å²) in [5.41, 5.74) is 0.378. The van der Waals surface area contributed by atoms with E-state index >= 15 is 0 Å². The van der Waals surface area contributed by atoms with E-state index in [9.17, 15) is 22.8 Å². The average Bonchev–Trinajstić information content (AvgIpc) is 2.54. The molecule has 128 valence electrons. The summed E-state index contributed by atoms with van der Waals surface area (Å²) in [6, 6.07) is 8.41. The van der Waals surface area contributed by atoms with Crippen molar-refractivity contribution in [2.75, 3.05) is 18.1 Å². The van der Waals surface area contributed by atoms with Crippen LogP contribution in [0.2, 0.25) is 0 Å². The smallest absolute Gasteiger partial charge is 0.325 e. The Kier molecular flexibility index (Phi) is 5.38. The molecule has 1 aliphatic rings. The number of halogens is 3. The van der Waals surface area contributed by atoms with Gasteiger partial charge in [0.25, 0.3) is 5.91 Å². The summed E-state index contributed by atoms with van der Waals surface area (Å²) < 4.78 is 37.9. The van der Waals surface area contributed by atoms with Crippen molar-refractivity contribution in [2.24, 2.45) is 5.10 Å². The van der Waals surface area contributed by atoms with Gasteiger partial charge in [-0.1, -0.05) is 24.3 Å². The van der Waals surface area contributed by atoms with E-state index in [1.807, 2.05) is 0 Å². The Morgan fingerprint density at radius 3 is 2.54 bits per heavy atom. The zero-order valence-corrected chi connectivity index (χ0v) is 12.8. The summed E-state index contributed by atoms with van der Waals surface area (Å²) in [5, 5.41) is 5.03. The van der Waals surface area contributed by atoms with Crippen LogP contribution in [0.1, 0.15) is 12.8 Å². The Labute approximate surface area is 137 Å². The number of hydrazone groups is 1. The van der Waals surface area contributed by atoms with E-state index in [2.05, 4.69) is 11.7 Å². The molecule has 2 amide bonds. The van der Waals surface area contributed by atoms with Crippen LogP contribution in [-0.2, 0) is 9.59 Å². The molecule has 0 N–H and O–H groups in total. The molecule has 0 unspecified atom stereocenters. The maximum Gasteiger partial charge on any atom is 0.406 e. The molecule has 1 aromatic carbocycles. The summed E-state index contributed by atoms with van der Waals surface area (Å²) in [4.78, 5) is 25.0. The van der Waals surface area contributed by atoms with Gasteiger partial charge in [0.15, 0.2) is 0 Å². The Hall–Kier alpha value is -2.64. The highest BCUT2D eigenvalue weighted by molar-refractivity contribution is 6.40. The Morgan fingerprint density at radius 1 is 1.29 bits per heavy atom. The Morgan fingerprint density at radius 2 is 1.96 bits per heavy atom. The molecule has 2 rings (SSSR count). The number of para-hydroxylation sites is 1. The highest BCUT2D eigenvalue weighted by atomic mass is 19.4. The van der Waals surface area contributed by atoms with Gasteiger partial charge in [-0.15, -0.1) is 6.58 Å². The zero-order valence-electron chi connectivity index (χ0n) is 12.8. The molecule has 0 bridgehead atoms. The van der Waals surface area contributed by atoms with Crippen molar-refractivity contribution >= 4 is 23.2 Å². The van der Waals surface area contributed by atoms with Crippen LogP contribution in [0.5, 0.6) is 0 Å². The quantitative estimate of drug-likeness (QED) is 0.775. The number of hydrogen-bond acceptors (Lipinski definition) is 3. The van der Waals surface area contributed by atoms with Crippen molar-refractivity contribution in [3.8, 4) is 0 Å². The number of carbonyl (C=O) groups excluding carboxylic acids is 2. The van der Waals surface area contributed by atoms with Crippen LogP contribution in [0.15, 0.2) is 48.1 Å². The number of carbonyl (C=O) groups is 2. The third-order valence-electron chi connectivity index (χ3n) is 3.29. The minimum Gasteiger partial charge on any atom is -0.325 e. The lowest BCUT2D eigenvalue weighted by atomic mass is 10.1. The third kappa shape index (κ3) is 4.43. The number of benzene rings is 1. The van der Waals surface area contributed by atoms with Crippen LogP contribution in [0.4, 0.5) is 18.9 Å². The average molecular weight is 339 g/mol. The predicted octanol–water partition coefficient (Wildman–Crippen LogP) is 2.75. The lowest BCUT2D eigenvalue weighted by molar-refractivity contribution is -0.156. The second kappa shape index (κ2) is 7.29. The standard InChI is InChI=1S/C16H16F3N3O2/c1-2-10-21(11-16(17,18)19)15(24)13-8-9-14(23)22(20-13)12-6-4-3-5-7-12/h2-7H,1,8-11H2. The number of rotatable bonds is 5. The number of alkyl halides is 3. The van der Waals surface area contributed by atoms with Gasteiger partial charge in [0.1, 0.15) is 12.3 Å². The van der Waals surface area contributed by atoms with Crippen molar-refractivity contribution in [1.82, 2.24) is 4.90 Å². The van der Waals surface area contributed by atoms with Gasteiger partial charge < -0.3 is 4.90 Å².